The molecule has 4 heteroatoms. The van der Waals surface area contributed by atoms with Gasteiger partial charge in [-0.3, -0.25) is 9.69 Å². The van der Waals surface area contributed by atoms with Gasteiger partial charge in [0.05, 0.1) is 6.54 Å². The summed E-state index contributed by atoms with van der Waals surface area (Å²) < 4.78 is 0. The van der Waals surface area contributed by atoms with E-state index in [-0.39, 0.29) is 6.54 Å². The molecule has 1 aliphatic heterocycles. The quantitative estimate of drug-likeness (QED) is 0.747. The van der Waals surface area contributed by atoms with Gasteiger partial charge in [-0.15, -0.1) is 0 Å². The number of rotatable bonds is 4. The number of carboxylic acid groups (broad SMARTS) is 1. The molecule has 13 heavy (non-hydrogen) atoms. The van der Waals surface area contributed by atoms with Crippen molar-refractivity contribution in [3.05, 3.63) is 0 Å². The van der Waals surface area contributed by atoms with Gasteiger partial charge in [0.15, 0.2) is 0 Å². The zero-order valence-electron chi connectivity index (χ0n) is 8.19. The van der Waals surface area contributed by atoms with Crippen LogP contribution >= 0.6 is 11.8 Å². The predicted molar refractivity (Wildman–Crippen MR) is 55.2 cm³/mol. The van der Waals surface area contributed by atoms with Gasteiger partial charge in [0, 0.05) is 17.8 Å². The van der Waals surface area contributed by atoms with E-state index in [1.807, 2.05) is 11.8 Å². The lowest BCUT2D eigenvalue weighted by atomic mass is 10.2. The lowest BCUT2D eigenvalue weighted by molar-refractivity contribution is -0.139. The fraction of sp³-hybridized carbons (Fsp3) is 0.889. The van der Waals surface area contributed by atoms with Gasteiger partial charge in [-0.25, -0.2) is 0 Å². The molecular weight excluding hydrogens is 186 g/mol. The van der Waals surface area contributed by atoms with Crippen LogP contribution in [-0.4, -0.2) is 46.1 Å². The predicted octanol–water partition coefficient (Wildman–Crippen LogP) is 1.29. The van der Waals surface area contributed by atoms with E-state index >= 15 is 0 Å². The molecule has 1 N–H and O–H groups in total. The van der Waals surface area contributed by atoms with Gasteiger partial charge < -0.3 is 5.11 Å². The first kappa shape index (κ1) is 10.9. The molecule has 1 heterocycles. The average molecular weight is 203 g/mol. The smallest absolute Gasteiger partial charge is 0.317 e. The van der Waals surface area contributed by atoms with Crippen molar-refractivity contribution in [2.45, 2.75) is 32.4 Å². The summed E-state index contributed by atoms with van der Waals surface area (Å²) in [4.78, 5) is 12.7. The molecule has 1 atom stereocenters. The number of thioether (sulfide) groups is 1. The van der Waals surface area contributed by atoms with Crippen LogP contribution in [0.4, 0.5) is 0 Å². The first-order chi connectivity index (χ1) is 6.11. The van der Waals surface area contributed by atoms with Crippen LogP contribution in [0.2, 0.25) is 0 Å². The summed E-state index contributed by atoms with van der Waals surface area (Å²) in [5.41, 5.74) is 0. The van der Waals surface area contributed by atoms with E-state index in [2.05, 4.69) is 18.7 Å². The lowest BCUT2D eigenvalue weighted by Crippen LogP contribution is -2.43. The van der Waals surface area contributed by atoms with Gasteiger partial charge in [-0.05, 0) is 26.0 Å². The van der Waals surface area contributed by atoms with Gasteiger partial charge >= 0.3 is 5.97 Å². The highest BCUT2D eigenvalue weighted by molar-refractivity contribution is 7.99. The van der Waals surface area contributed by atoms with Crippen molar-refractivity contribution in [2.75, 3.05) is 18.1 Å². The highest BCUT2D eigenvalue weighted by atomic mass is 32.2. The third kappa shape index (κ3) is 3.19. The number of aliphatic carboxylic acids is 1. The number of hydrogen-bond acceptors (Lipinski definition) is 3. The Morgan fingerprint density at radius 2 is 2.38 bits per heavy atom. The van der Waals surface area contributed by atoms with Crippen molar-refractivity contribution in [2.24, 2.45) is 0 Å². The zero-order valence-corrected chi connectivity index (χ0v) is 9.01. The van der Waals surface area contributed by atoms with Gasteiger partial charge in [-0.2, -0.15) is 11.8 Å². The standard InChI is InChI=1S/C9H17NO2S/c1-7(2)10(5-9(11)12)8-3-4-13-6-8/h7-8H,3-6H2,1-2H3,(H,11,12). The van der Waals surface area contributed by atoms with Crippen molar-refractivity contribution in [1.82, 2.24) is 4.90 Å². The van der Waals surface area contributed by atoms with Crippen LogP contribution in [-0.2, 0) is 4.79 Å². The van der Waals surface area contributed by atoms with Crippen LogP contribution in [0.15, 0.2) is 0 Å². The summed E-state index contributed by atoms with van der Waals surface area (Å²) in [6, 6.07) is 0.806. The molecule has 1 aliphatic rings. The Morgan fingerprint density at radius 3 is 2.77 bits per heavy atom. The molecule has 76 valence electrons. The molecule has 3 nitrogen and oxygen atoms in total. The summed E-state index contributed by atoms with van der Waals surface area (Å²) in [6.07, 6.45) is 1.14. The van der Waals surface area contributed by atoms with E-state index in [0.29, 0.717) is 12.1 Å². The van der Waals surface area contributed by atoms with Gasteiger partial charge in [0.2, 0.25) is 0 Å². The fourth-order valence-electron chi connectivity index (χ4n) is 1.67. The lowest BCUT2D eigenvalue weighted by Gasteiger charge is -2.30. The number of nitrogens with zero attached hydrogens (tertiary/aromatic N) is 1. The Labute approximate surface area is 83.5 Å². The SMILES string of the molecule is CC(C)N(CC(=O)O)C1CCSC1. The molecule has 1 rings (SSSR count). The monoisotopic (exact) mass is 203 g/mol. The molecule has 0 aromatic heterocycles. The van der Waals surface area contributed by atoms with Crippen molar-refractivity contribution in [1.29, 1.82) is 0 Å². The molecule has 0 bridgehead atoms. The third-order valence-corrected chi connectivity index (χ3v) is 3.50. The molecule has 1 unspecified atom stereocenters. The molecular formula is C9H17NO2S. The number of carbonyl (C=O) groups is 1. The second-order valence-corrected chi connectivity index (χ2v) is 4.83. The van der Waals surface area contributed by atoms with Crippen molar-refractivity contribution in [3.8, 4) is 0 Å². The molecule has 0 amide bonds. The maximum absolute atomic E-state index is 10.6. The Hall–Kier alpha value is -0.220. The van der Waals surface area contributed by atoms with E-state index < -0.39 is 5.97 Å². The summed E-state index contributed by atoms with van der Waals surface area (Å²) in [5, 5.41) is 8.74. The molecule has 0 saturated carbocycles. The van der Waals surface area contributed by atoms with Crippen LogP contribution in [0.25, 0.3) is 0 Å². The molecule has 0 aliphatic carbocycles. The minimum atomic E-state index is -0.717. The maximum Gasteiger partial charge on any atom is 0.317 e. The minimum Gasteiger partial charge on any atom is -0.480 e. The summed E-state index contributed by atoms with van der Waals surface area (Å²) in [7, 11) is 0. The van der Waals surface area contributed by atoms with Crippen molar-refractivity contribution >= 4 is 17.7 Å². The highest BCUT2D eigenvalue weighted by Crippen LogP contribution is 2.23. The van der Waals surface area contributed by atoms with Crippen LogP contribution in [0.5, 0.6) is 0 Å². The second kappa shape index (κ2) is 4.86. The molecule has 0 spiro atoms. The molecule has 0 aromatic rings. The summed E-state index contributed by atoms with van der Waals surface area (Å²) >= 11 is 1.92. The largest absolute Gasteiger partial charge is 0.480 e. The minimum absolute atomic E-state index is 0.183. The van der Waals surface area contributed by atoms with Crippen LogP contribution in [0.1, 0.15) is 20.3 Å². The average Bonchev–Trinajstić information content (AvgIpc) is 2.50. The number of carboxylic acids is 1. The van der Waals surface area contributed by atoms with Gasteiger partial charge in [-0.1, -0.05) is 0 Å². The fourth-order valence-corrected chi connectivity index (χ4v) is 2.91. The topological polar surface area (TPSA) is 40.5 Å². The Morgan fingerprint density at radius 1 is 1.69 bits per heavy atom. The third-order valence-electron chi connectivity index (χ3n) is 2.36. The summed E-state index contributed by atoms with van der Waals surface area (Å²) in [6.45, 7) is 4.31. The Kier molecular flexibility index (Phi) is 4.06. The first-order valence-corrected chi connectivity index (χ1v) is 5.82. The molecule has 1 fully saturated rings. The van der Waals surface area contributed by atoms with E-state index in [9.17, 15) is 4.79 Å². The highest BCUT2D eigenvalue weighted by Gasteiger charge is 2.26. The van der Waals surface area contributed by atoms with Gasteiger partial charge in [0.25, 0.3) is 0 Å². The Bertz CT molecular complexity index is 178. The van der Waals surface area contributed by atoms with Crippen molar-refractivity contribution in [3.63, 3.8) is 0 Å². The van der Waals surface area contributed by atoms with E-state index in [1.165, 1.54) is 5.75 Å². The molecule has 1 saturated heterocycles. The van der Waals surface area contributed by atoms with Gasteiger partial charge in [0.1, 0.15) is 0 Å². The van der Waals surface area contributed by atoms with Crippen molar-refractivity contribution < 1.29 is 9.90 Å². The zero-order chi connectivity index (χ0) is 9.84. The summed E-state index contributed by atoms with van der Waals surface area (Å²) in [5.74, 6) is 1.55. The van der Waals surface area contributed by atoms with E-state index in [1.54, 1.807) is 0 Å². The molecule has 0 aromatic carbocycles. The normalized spacial score (nSPS) is 22.9. The van der Waals surface area contributed by atoms with E-state index in [4.69, 9.17) is 5.11 Å². The molecule has 0 radical (unpaired) electrons. The van der Waals surface area contributed by atoms with Crippen LogP contribution in [0, 0.1) is 0 Å². The second-order valence-electron chi connectivity index (χ2n) is 3.68. The Balaban J connectivity index is 2.50. The number of hydrogen-bond donors (Lipinski definition) is 1. The first-order valence-electron chi connectivity index (χ1n) is 4.66. The van der Waals surface area contributed by atoms with E-state index in [0.717, 1.165) is 12.2 Å². The maximum atomic E-state index is 10.6. The van der Waals surface area contributed by atoms with Crippen LogP contribution in [0.3, 0.4) is 0 Å². The van der Waals surface area contributed by atoms with Crippen LogP contribution < -0.4 is 0 Å².